The molecule has 0 radical (unpaired) electrons. The highest BCUT2D eigenvalue weighted by Gasteiger charge is 2.30. The smallest absolute Gasteiger partial charge is 0.182 e. The second-order valence-corrected chi connectivity index (χ2v) is 6.44. The van der Waals surface area contributed by atoms with E-state index in [0.717, 1.165) is 24.4 Å². The Morgan fingerprint density at radius 2 is 2.08 bits per heavy atom. The zero-order chi connectivity index (χ0) is 16.4. The van der Waals surface area contributed by atoms with Gasteiger partial charge in [0.05, 0.1) is 6.33 Å². The van der Waals surface area contributed by atoms with Crippen molar-refractivity contribution in [2.24, 2.45) is 5.92 Å². The highest BCUT2D eigenvalue weighted by molar-refractivity contribution is 5.81. The number of aromatic nitrogens is 4. The average molecular weight is 322 g/mol. The monoisotopic (exact) mass is 322 g/mol. The number of nitrogens with one attached hydrogen (secondary N) is 2. The van der Waals surface area contributed by atoms with Crippen LogP contribution in [0.4, 0.5) is 5.82 Å². The molecular formula is C18H22N6. The van der Waals surface area contributed by atoms with E-state index in [2.05, 4.69) is 67.5 Å². The molecule has 6 nitrogen and oxygen atoms in total. The van der Waals surface area contributed by atoms with Crippen molar-refractivity contribution in [2.45, 2.75) is 18.9 Å². The third-order valence-corrected chi connectivity index (χ3v) is 4.90. The molecule has 1 saturated heterocycles. The number of anilines is 1. The summed E-state index contributed by atoms with van der Waals surface area (Å²) in [6.07, 6.45) is 5.67. The molecule has 3 aromatic rings. The van der Waals surface area contributed by atoms with E-state index in [0.29, 0.717) is 17.6 Å². The molecule has 2 unspecified atom stereocenters. The van der Waals surface area contributed by atoms with E-state index >= 15 is 0 Å². The molecule has 1 aromatic carbocycles. The summed E-state index contributed by atoms with van der Waals surface area (Å²) in [6, 6.07) is 11.2. The van der Waals surface area contributed by atoms with Gasteiger partial charge in [-0.25, -0.2) is 15.0 Å². The van der Waals surface area contributed by atoms with Crippen LogP contribution in [0, 0.1) is 5.92 Å². The lowest BCUT2D eigenvalue weighted by molar-refractivity contribution is 0.128. The van der Waals surface area contributed by atoms with Gasteiger partial charge in [-0.1, -0.05) is 30.3 Å². The lowest BCUT2D eigenvalue weighted by Gasteiger charge is -2.39. The summed E-state index contributed by atoms with van der Waals surface area (Å²) >= 11 is 0. The second-order valence-electron chi connectivity index (χ2n) is 6.44. The summed E-state index contributed by atoms with van der Waals surface area (Å²) in [6.45, 7) is 2.03. The number of likely N-dealkylation sites (tertiary alicyclic amines) is 1. The Labute approximate surface area is 141 Å². The Morgan fingerprint density at radius 3 is 2.96 bits per heavy atom. The van der Waals surface area contributed by atoms with Crippen LogP contribution >= 0.6 is 0 Å². The highest BCUT2D eigenvalue weighted by atomic mass is 15.2. The van der Waals surface area contributed by atoms with Gasteiger partial charge in [0.15, 0.2) is 11.5 Å². The third kappa shape index (κ3) is 2.85. The minimum Gasteiger partial charge on any atom is -0.368 e. The van der Waals surface area contributed by atoms with Crippen molar-refractivity contribution in [3.05, 3.63) is 48.5 Å². The fraction of sp³-hybridized carbons (Fsp3) is 0.389. The zero-order valence-electron chi connectivity index (χ0n) is 13.8. The molecule has 24 heavy (non-hydrogen) atoms. The van der Waals surface area contributed by atoms with E-state index in [1.165, 1.54) is 18.4 Å². The second kappa shape index (κ2) is 6.57. The number of benzene rings is 1. The van der Waals surface area contributed by atoms with E-state index in [4.69, 9.17) is 0 Å². The Balaban J connectivity index is 1.54. The van der Waals surface area contributed by atoms with Gasteiger partial charge in [-0.3, -0.25) is 4.90 Å². The molecule has 6 heteroatoms. The number of fused-ring (bicyclic) bond motifs is 1. The maximum atomic E-state index is 4.37. The van der Waals surface area contributed by atoms with Crippen LogP contribution in [-0.2, 0) is 0 Å². The molecule has 3 heterocycles. The molecule has 1 aliphatic rings. The summed E-state index contributed by atoms with van der Waals surface area (Å²) in [7, 11) is 2.22. The number of rotatable bonds is 4. The first kappa shape index (κ1) is 15.1. The van der Waals surface area contributed by atoms with Gasteiger partial charge in [-0.15, -0.1) is 0 Å². The number of hydrogen-bond donors (Lipinski definition) is 2. The largest absolute Gasteiger partial charge is 0.368 e. The van der Waals surface area contributed by atoms with Crippen molar-refractivity contribution in [3.8, 4) is 0 Å². The first-order chi connectivity index (χ1) is 11.8. The standard InChI is InChI=1S/C18H22N6/c1-24-9-5-8-14(16(24)13-6-3-2-4-7-13)10-19-17-15-18(21-11-20-15)23-12-22-17/h2-4,6-7,11-12,14,16H,5,8-10H2,1H3,(H2,19,20,21,22,23). The van der Waals surface area contributed by atoms with Crippen molar-refractivity contribution in [1.29, 1.82) is 0 Å². The third-order valence-electron chi connectivity index (χ3n) is 4.90. The molecule has 1 aliphatic heterocycles. The van der Waals surface area contributed by atoms with Crippen LogP contribution in [0.3, 0.4) is 0 Å². The maximum absolute atomic E-state index is 4.37. The van der Waals surface area contributed by atoms with Crippen LogP contribution in [0.2, 0.25) is 0 Å². The van der Waals surface area contributed by atoms with Gasteiger partial charge in [0.2, 0.25) is 0 Å². The topological polar surface area (TPSA) is 69.7 Å². The molecule has 0 bridgehead atoms. The Morgan fingerprint density at radius 1 is 1.21 bits per heavy atom. The van der Waals surface area contributed by atoms with Crippen molar-refractivity contribution in [1.82, 2.24) is 24.8 Å². The SMILES string of the molecule is CN1CCCC(CNc2ncnc3nc[nH]c23)C1c1ccccc1. The molecule has 0 amide bonds. The van der Waals surface area contributed by atoms with E-state index in [-0.39, 0.29) is 0 Å². The van der Waals surface area contributed by atoms with E-state index in [9.17, 15) is 0 Å². The van der Waals surface area contributed by atoms with Crippen LogP contribution in [0.5, 0.6) is 0 Å². The van der Waals surface area contributed by atoms with Gasteiger partial charge in [-0.05, 0) is 37.9 Å². The normalized spacial score (nSPS) is 21.9. The van der Waals surface area contributed by atoms with Crippen LogP contribution < -0.4 is 5.32 Å². The number of piperidine rings is 1. The van der Waals surface area contributed by atoms with E-state index < -0.39 is 0 Å². The number of nitrogens with zero attached hydrogens (tertiary/aromatic N) is 4. The molecule has 0 spiro atoms. The molecular weight excluding hydrogens is 300 g/mol. The van der Waals surface area contributed by atoms with Gasteiger partial charge in [0.1, 0.15) is 11.8 Å². The van der Waals surface area contributed by atoms with Crippen LogP contribution in [0.15, 0.2) is 43.0 Å². The summed E-state index contributed by atoms with van der Waals surface area (Å²) in [5, 5.41) is 3.51. The molecule has 0 saturated carbocycles. The number of hydrogen-bond acceptors (Lipinski definition) is 5. The predicted molar refractivity (Wildman–Crippen MR) is 94.7 cm³/mol. The van der Waals surface area contributed by atoms with Crippen molar-refractivity contribution in [2.75, 3.05) is 25.5 Å². The highest BCUT2D eigenvalue weighted by Crippen LogP contribution is 2.35. The van der Waals surface area contributed by atoms with Crippen LogP contribution in [0.1, 0.15) is 24.4 Å². The van der Waals surface area contributed by atoms with E-state index in [1.807, 2.05) is 0 Å². The minimum atomic E-state index is 0.437. The fourth-order valence-electron chi connectivity index (χ4n) is 3.78. The summed E-state index contributed by atoms with van der Waals surface area (Å²) < 4.78 is 0. The average Bonchev–Trinajstić information content (AvgIpc) is 3.10. The van der Waals surface area contributed by atoms with Crippen molar-refractivity contribution < 1.29 is 0 Å². The number of imidazole rings is 1. The van der Waals surface area contributed by atoms with Crippen molar-refractivity contribution in [3.63, 3.8) is 0 Å². The van der Waals surface area contributed by atoms with Gasteiger partial charge >= 0.3 is 0 Å². The molecule has 124 valence electrons. The number of aromatic amines is 1. The quantitative estimate of drug-likeness (QED) is 0.773. The Bertz CT molecular complexity index is 799. The summed E-state index contributed by atoms with van der Waals surface area (Å²) in [5.74, 6) is 1.37. The fourth-order valence-corrected chi connectivity index (χ4v) is 3.78. The predicted octanol–water partition coefficient (Wildman–Crippen LogP) is 2.85. The zero-order valence-corrected chi connectivity index (χ0v) is 13.8. The number of H-pyrrole nitrogens is 1. The molecule has 2 aromatic heterocycles. The van der Waals surface area contributed by atoms with E-state index in [1.54, 1.807) is 12.7 Å². The molecule has 2 N–H and O–H groups in total. The summed E-state index contributed by atoms with van der Waals surface area (Å²) in [4.78, 5) is 18.3. The Hall–Kier alpha value is -2.47. The minimum absolute atomic E-state index is 0.437. The van der Waals surface area contributed by atoms with Gasteiger partial charge in [-0.2, -0.15) is 0 Å². The molecule has 0 aliphatic carbocycles. The molecule has 2 atom stereocenters. The van der Waals surface area contributed by atoms with Gasteiger partial charge in [0, 0.05) is 12.6 Å². The van der Waals surface area contributed by atoms with Crippen molar-refractivity contribution >= 4 is 17.0 Å². The first-order valence-corrected chi connectivity index (χ1v) is 8.46. The first-order valence-electron chi connectivity index (χ1n) is 8.46. The van der Waals surface area contributed by atoms with Crippen LogP contribution in [-0.4, -0.2) is 45.0 Å². The van der Waals surface area contributed by atoms with Gasteiger partial charge in [0.25, 0.3) is 0 Å². The van der Waals surface area contributed by atoms with Crippen LogP contribution in [0.25, 0.3) is 11.2 Å². The Kier molecular flexibility index (Phi) is 4.13. The molecule has 1 fully saturated rings. The van der Waals surface area contributed by atoms with Gasteiger partial charge < -0.3 is 10.3 Å². The lowest BCUT2D eigenvalue weighted by Crippen LogP contribution is -2.39. The maximum Gasteiger partial charge on any atom is 0.182 e. The molecule has 4 rings (SSSR count). The lowest BCUT2D eigenvalue weighted by atomic mass is 9.85. The summed E-state index contributed by atoms with van der Waals surface area (Å²) in [5.41, 5.74) is 2.96.